The summed E-state index contributed by atoms with van der Waals surface area (Å²) in [6, 6.07) is 7.41. The maximum atomic E-state index is 13.4. The number of ether oxygens (including phenoxy) is 2. The Balaban J connectivity index is 1.68. The van der Waals surface area contributed by atoms with Gasteiger partial charge in [-0.25, -0.2) is 8.78 Å². The lowest BCUT2D eigenvalue weighted by Gasteiger charge is -2.32. The van der Waals surface area contributed by atoms with Gasteiger partial charge in [0, 0.05) is 0 Å². The highest BCUT2D eigenvalue weighted by atomic mass is 19.1. The maximum Gasteiger partial charge on any atom is 0.174 e. The second-order valence-electron chi connectivity index (χ2n) is 5.84. The molecule has 4 nitrogen and oxygen atoms in total. The normalized spacial score (nSPS) is 22.2. The van der Waals surface area contributed by atoms with Gasteiger partial charge in [-0.05, 0) is 36.4 Å². The molecule has 24 heavy (non-hydrogen) atoms. The number of hydrogen-bond acceptors (Lipinski definition) is 4. The van der Waals surface area contributed by atoms with Gasteiger partial charge in [-0.1, -0.05) is 0 Å². The average molecular weight is 330 g/mol. The van der Waals surface area contributed by atoms with E-state index >= 15 is 0 Å². The van der Waals surface area contributed by atoms with Gasteiger partial charge < -0.3 is 9.47 Å². The summed E-state index contributed by atoms with van der Waals surface area (Å²) in [6.45, 7) is 0.00373. The molecular formula is C18H12F2O4. The summed E-state index contributed by atoms with van der Waals surface area (Å²) in [7, 11) is 0. The predicted molar refractivity (Wildman–Crippen MR) is 79.4 cm³/mol. The van der Waals surface area contributed by atoms with Crippen molar-refractivity contribution in [1.29, 1.82) is 0 Å². The fourth-order valence-electron chi connectivity index (χ4n) is 3.15. The van der Waals surface area contributed by atoms with Gasteiger partial charge in [0.25, 0.3) is 0 Å². The molecule has 2 aliphatic rings. The van der Waals surface area contributed by atoms with E-state index in [1.807, 2.05) is 0 Å². The first-order chi connectivity index (χ1) is 11.5. The maximum absolute atomic E-state index is 13.4. The van der Waals surface area contributed by atoms with Gasteiger partial charge in [0.1, 0.15) is 23.1 Å². The van der Waals surface area contributed by atoms with Crippen molar-refractivity contribution < 1.29 is 27.8 Å². The van der Waals surface area contributed by atoms with E-state index in [1.165, 1.54) is 24.3 Å². The van der Waals surface area contributed by atoms with Gasteiger partial charge in [-0.2, -0.15) is 0 Å². The highest BCUT2D eigenvalue weighted by Crippen LogP contribution is 2.36. The third-order valence-electron chi connectivity index (χ3n) is 4.41. The molecule has 0 fully saturated rings. The van der Waals surface area contributed by atoms with Crippen LogP contribution in [0.25, 0.3) is 0 Å². The number of fused-ring (bicyclic) bond motifs is 2. The molecule has 0 amide bonds. The number of carbonyl (C=O) groups is 2. The number of halogens is 2. The van der Waals surface area contributed by atoms with E-state index in [4.69, 9.17) is 9.47 Å². The smallest absolute Gasteiger partial charge is 0.174 e. The zero-order chi connectivity index (χ0) is 16.8. The largest absolute Gasteiger partial charge is 0.492 e. The summed E-state index contributed by atoms with van der Waals surface area (Å²) >= 11 is 0. The monoisotopic (exact) mass is 330 g/mol. The Morgan fingerprint density at radius 1 is 0.750 bits per heavy atom. The molecule has 0 saturated carbocycles. The third kappa shape index (κ3) is 2.26. The minimum Gasteiger partial charge on any atom is -0.492 e. The lowest BCUT2D eigenvalue weighted by molar-refractivity contribution is 0.0557. The van der Waals surface area contributed by atoms with Gasteiger partial charge in [0.2, 0.25) is 0 Å². The fraction of sp³-hybridized carbons (Fsp3) is 0.222. The molecule has 2 aromatic rings. The van der Waals surface area contributed by atoms with Crippen LogP contribution in [0.15, 0.2) is 36.4 Å². The van der Waals surface area contributed by atoms with Gasteiger partial charge in [0.15, 0.2) is 11.6 Å². The van der Waals surface area contributed by atoms with Crippen LogP contribution in [-0.2, 0) is 0 Å². The molecule has 2 atom stereocenters. The highest BCUT2D eigenvalue weighted by Gasteiger charge is 2.42. The van der Waals surface area contributed by atoms with Crippen LogP contribution in [-0.4, -0.2) is 24.8 Å². The van der Waals surface area contributed by atoms with Crippen molar-refractivity contribution in [1.82, 2.24) is 0 Å². The number of rotatable bonds is 1. The van der Waals surface area contributed by atoms with Gasteiger partial charge in [-0.15, -0.1) is 0 Å². The number of benzene rings is 2. The van der Waals surface area contributed by atoms with Crippen molar-refractivity contribution in [3.8, 4) is 11.5 Å². The molecular weight excluding hydrogens is 318 g/mol. The standard InChI is InChI=1S/C18H12F2O4/c19-9-1-3-15-11(5-9)17(21)13(7-23-15)14-8-24-16-4-2-10(20)6-12(16)18(14)22/h1-6,13-14H,7-8H2. The third-order valence-corrected chi connectivity index (χ3v) is 4.41. The second kappa shape index (κ2) is 5.40. The number of carbonyl (C=O) groups excluding carboxylic acids is 2. The minimum absolute atomic E-state index is 0.00187. The second-order valence-corrected chi connectivity index (χ2v) is 5.84. The Labute approximate surface area is 136 Å². The van der Waals surface area contributed by atoms with Crippen molar-refractivity contribution >= 4 is 11.6 Å². The van der Waals surface area contributed by atoms with E-state index in [1.54, 1.807) is 0 Å². The summed E-state index contributed by atoms with van der Waals surface area (Å²) in [5.74, 6) is -2.81. The molecule has 0 aromatic heterocycles. The topological polar surface area (TPSA) is 52.6 Å². The molecule has 0 bridgehead atoms. The van der Waals surface area contributed by atoms with Crippen molar-refractivity contribution in [3.63, 3.8) is 0 Å². The molecule has 0 N–H and O–H groups in total. The number of hydrogen-bond donors (Lipinski definition) is 0. The van der Waals surface area contributed by atoms with Crippen LogP contribution in [0.4, 0.5) is 8.78 Å². The van der Waals surface area contributed by atoms with Crippen molar-refractivity contribution in [2.45, 2.75) is 0 Å². The molecule has 0 radical (unpaired) electrons. The molecule has 0 aliphatic carbocycles. The summed E-state index contributed by atoms with van der Waals surface area (Å²) in [6.07, 6.45) is 0. The summed E-state index contributed by atoms with van der Waals surface area (Å²) in [5, 5.41) is 0. The predicted octanol–water partition coefficient (Wildman–Crippen LogP) is 3.05. The Kier molecular flexibility index (Phi) is 3.33. The molecule has 2 heterocycles. The zero-order valence-electron chi connectivity index (χ0n) is 12.4. The average Bonchev–Trinajstić information content (AvgIpc) is 2.57. The number of Topliss-reactive ketones (excluding diaryl/α,β-unsaturated/α-hetero) is 2. The lowest BCUT2D eigenvalue weighted by atomic mass is 9.79. The van der Waals surface area contributed by atoms with Crippen LogP contribution < -0.4 is 9.47 Å². The SMILES string of the molecule is O=C1c2cc(F)ccc2OCC1C1COc2ccc(F)cc2C1=O. The number of ketones is 2. The Morgan fingerprint density at radius 2 is 1.17 bits per heavy atom. The Hall–Kier alpha value is -2.76. The van der Waals surface area contributed by atoms with Gasteiger partial charge in [0.05, 0.1) is 36.2 Å². The molecule has 2 aromatic carbocycles. The van der Waals surface area contributed by atoms with E-state index in [-0.39, 0.29) is 35.9 Å². The first kappa shape index (κ1) is 14.8. The van der Waals surface area contributed by atoms with Crippen LogP contribution in [0, 0.1) is 23.5 Å². The lowest BCUT2D eigenvalue weighted by Crippen LogP contribution is -2.42. The van der Waals surface area contributed by atoms with E-state index in [9.17, 15) is 18.4 Å². The van der Waals surface area contributed by atoms with Crippen LogP contribution in [0.3, 0.4) is 0 Å². The molecule has 0 saturated heterocycles. The first-order valence-electron chi connectivity index (χ1n) is 7.48. The summed E-state index contributed by atoms with van der Waals surface area (Å²) < 4.78 is 37.8. The Bertz CT molecular complexity index is 791. The van der Waals surface area contributed by atoms with Crippen molar-refractivity contribution in [2.24, 2.45) is 11.8 Å². The van der Waals surface area contributed by atoms with Crippen molar-refractivity contribution in [2.75, 3.05) is 13.2 Å². The van der Waals surface area contributed by atoms with Gasteiger partial charge >= 0.3 is 0 Å². The van der Waals surface area contributed by atoms with Crippen LogP contribution in [0.5, 0.6) is 11.5 Å². The van der Waals surface area contributed by atoms with Crippen LogP contribution in [0.2, 0.25) is 0 Å². The Morgan fingerprint density at radius 3 is 1.58 bits per heavy atom. The summed E-state index contributed by atoms with van der Waals surface area (Å²) in [4.78, 5) is 25.3. The molecule has 0 spiro atoms. The zero-order valence-corrected chi connectivity index (χ0v) is 12.4. The fourth-order valence-corrected chi connectivity index (χ4v) is 3.15. The van der Waals surface area contributed by atoms with E-state index in [0.29, 0.717) is 11.5 Å². The summed E-state index contributed by atoms with van der Waals surface area (Å²) in [5.41, 5.74) is 0.230. The van der Waals surface area contributed by atoms with E-state index < -0.39 is 23.5 Å². The van der Waals surface area contributed by atoms with Crippen LogP contribution >= 0.6 is 0 Å². The molecule has 2 aliphatic heterocycles. The van der Waals surface area contributed by atoms with E-state index in [0.717, 1.165) is 12.1 Å². The molecule has 6 heteroatoms. The van der Waals surface area contributed by atoms with Gasteiger partial charge in [-0.3, -0.25) is 9.59 Å². The van der Waals surface area contributed by atoms with E-state index in [2.05, 4.69) is 0 Å². The first-order valence-corrected chi connectivity index (χ1v) is 7.48. The molecule has 2 unspecified atom stereocenters. The quantitative estimate of drug-likeness (QED) is 0.806. The molecule has 122 valence electrons. The van der Waals surface area contributed by atoms with Crippen molar-refractivity contribution in [3.05, 3.63) is 59.2 Å². The minimum atomic E-state index is -0.789. The highest BCUT2D eigenvalue weighted by molar-refractivity contribution is 6.08. The van der Waals surface area contributed by atoms with Crippen LogP contribution in [0.1, 0.15) is 20.7 Å². The molecule has 4 rings (SSSR count).